The maximum Gasteiger partial charge on any atom is 0.161 e. The van der Waals surface area contributed by atoms with Gasteiger partial charge in [-0.3, -0.25) is 4.79 Å². The topological polar surface area (TPSA) is 55.1 Å². The molecule has 3 N–H and O–H groups in total. The van der Waals surface area contributed by atoms with Crippen molar-refractivity contribution in [2.75, 3.05) is 11.1 Å². The molecule has 0 fully saturated rings. The Kier molecular flexibility index (Phi) is 3.71. The van der Waals surface area contributed by atoms with E-state index in [-0.39, 0.29) is 10.8 Å². The molecule has 0 spiro atoms. The first kappa shape index (κ1) is 13.4. The minimum absolute atomic E-state index is 0.0936. The lowest BCUT2D eigenvalue weighted by molar-refractivity contribution is 0.101. The van der Waals surface area contributed by atoms with Crippen molar-refractivity contribution in [2.24, 2.45) is 0 Å². The molecule has 0 aliphatic carbocycles. The van der Waals surface area contributed by atoms with Crippen LogP contribution in [0.5, 0.6) is 0 Å². The lowest BCUT2D eigenvalue weighted by atomic mass is 10.1. The summed E-state index contributed by atoms with van der Waals surface area (Å²) in [6.07, 6.45) is 0. The van der Waals surface area contributed by atoms with Gasteiger partial charge in [-0.15, -0.1) is 0 Å². The number of nitrogens with two attached hydrogens (primary N) is 1. The van der Waals surface area contributed by atoms with Crippen molar-refractivity contribution < 1.29 is 9.18 Å². The molecule has 0 saturated heterocycles. The van der Waals surface area contributed by atoms with E-state index in [1.54, 1.807) is 18.2 Å². The molecule has 0 aliphatic rings. The molecule has 3 nitrogen and oxygen atoms in total. The standard InChI is InChI=1S/C14H12ClFN2O/c1-8(19)11-4-3-10(7-13(11)17)18-14-5-2-9(16)6-12(14)15/h2-7,18H,17H2,1H3. The summed E-state index contributed by atoms with van der Waals surface area (Å²) in [4.78, 5) is 11.3. The average Bonchev–Trinajstić information content (AvgIpc) is 2.32. The number of carbonyl (C=O) groups is 1. The van der Waals surface area contributed by atoms with Gasteiger partial charge in [0.15, 0.2) is 5.78 Å². The number of nitrogens with one attached hydrogen (secondary N) is 1. The van der Waals surface area contributed by atoms with E-state index in [0.29, 0.717) is 22.6 Å². The third-order valence-corrected chi connectivity index (χ3v) is 2.95. The Bertz CT molecular complexity index is 643. The van der Waals surface area contributed by atoms with Gasteiger partial charge < -0.3 is 11.1 Å². The van der Waals surface area contributed by atoms with Crippen molar-refractivity contribution in [1.29, 1.82) is 0 Å². The molecule has 2 rings (SSSR count). The second-order valence-corrected chi connectivity index (χ2v) is 4.51. The van der Waals surface area contributed by atoms with Crippen LogP contribution in [0, 0.1) is 5.82 Å². The number of rotatable bonds is 3. The quantitative estimate of drug-likeness (QED) is 0.659. The lowest BCUT2D eigenvalue weighted by Gasteiger charge is -2.10. The Hall–Kier alpha value is -2.07. The summed E-state index contributed by atoms with van der Waals surface area (Å²) in [7, 11) is 0. The van der Waals surface area contributed by atoms with Crippen LogP contribution in [-0.4, -0.2) is 5.78 Å². The largest absolute Gasteiger partial charge is 0.398 e. The lowest BCUT2D eigenvalue weighted by Crippen LogP contribution is -2.01. The van der Waals surface area contributed by atoms with Gasteiger partial charge in [0, 0.05) is 16.9 Å². The van der Waals surface area contributed by atoms with E-state index in [4.69, 9.17) is 17.3 Å². The van der Waals surface area contributed by atoms with Gasteiger partial charge in [0.1, 0.15) is 5.82 Å². The smallest absolute Gasteiger partial charge is 0.161 e. The Morgan fingerprint density at radius 1 is 1.26 bits per heavy atom. The van der Waals surface area contributed by atoms with Crippen molar-refractivity contribution in [1.82, 2.24) is 0 Å². The molecule has 0 bridgehead atoms. The molecule has 5 heteroatoms. The van der Waals surface area contributed by atoms with Crippen molar-refractivity contribution in [2.45, 2.75) is 6.92 Å². The van der Waals surface area contributed by atoms with Gasteiger partial charge in [-0.2, -0.15) is 0 Å². The van der Waals surface area contributed by atoms with E-state index in [0.717, 1.165) is 0 Å². The van der Waals surface area contributed by atoms with Gasteiger partial charge in [-0.25, -0.2) is 4.39 Å². The van der Waals surface area contributed by atoms with E-state index in [9.17, 15) is 9.18 Å². The van der Waals surface area contributed by atoms with Gasteiger partial charge in [-0.05, 0) is 43.3 Å². The zero-order valence-corrected chi connectivity index (χ0v) is 11.0. The van der Waals surface area contributed by atoms with Crippen molar-refractivity contribution in [3.8, 4) is 0 Å². The predicted octanol–water partition coefficient (Wildman–Crippen LogP) is 4.01. The molecule has 0 aromatic heterocycles. The minimum Gasteiger partial charge on any atom is -0.398 e. The highest BCUT2D eigenvalue weighted by atomic mass is 35.5. The van der Waals surface area contributed by atoms with Crippen LogP contribution in [0.15, 0.2) is 36.4 Å². The fourth-order valence-corrected chi connectivity index (χ4v) is 1.92. The first-order valence-electron chi connectivity index (χ1n) is 5.60. The number of halogens is 2. The Morgan fingerprint density at radius 3 is 2.58 bits per heavy atom. The summed E-state index contributed by atoms with van der Waals surface area (Å²) in [5, 5.41) is 3.29. The van der Waals surface area contributed by atoms with Gasteiger partial charge in [0.05, 0.1) is 10.7 Å². The molecular weight excluding hydrogens is 267 g/mol. The predicted molar refractivity (Wildman–Crippen MR) is 75.6 cm³/mol. The molecule has 98 valence electrons. The first-order chi connectivity index (χ1) is 8.97. The fraction of sp³-hybridized carbons (Fsp3) is 0.0714. The highest BCUT2D eigenvalue weighted by molar-refractivity contribution is 6.33. The molecule has 0 radical (unpaired) electrons. The first-order valence-corrected chi connectivity index (χ1v) is 5.97. The summed E-state index contributed by atoms with van der Waals surface area (Å²) in [6.45, 7) is 1.45. The second kappa shape index (κ2) is 5.28. The Labute approximate surface area is 115 Å². The molecule has 0 amide bonds. The zero-order chi connectivity index (χ0) is 14.0. The van der Waals surface area contributed by atoms with E-state index in [1.807, 2.05) is 0 Å². The second-order valence-electron chi connectivity index (χ2n) is 4.11. The number of ketones is 1. The van der Waals surface area contributed by atoms with Crippen LogP contribution in [0.1, 0.15) is 17.3 Å². The van der Waals surface area contributed by atoms with E-state index in [2.05, 4.69) is 5.32 Å². The van der Waals surface area contributed by atoms with Crippen LogP contribution < -0.4 is 11.1 Å². The zero-order valence-electron chi connectivity index (χ0n) is 10.2. The monoisotopic (exact) mass is 278 g/mol. The Balaban J connectivity index is 2.29. The molecule has 0 atom stereocenters. The van der Waals surface area contributed by atoms with Crippen molar-refractivity contribution >= 4 is 34.4 Å². The molecule has 2 aromatic carbocycles. The number of nitrogen functional groups attached to an aromatic ring is 1. The minimum atomic E-state index is -0.401. The third-order valence-electron chi connectivity index (χ3n) is 2.64. The summed E-state index contributed by atoms with van der Waals surface area (Å²) in [5.74, 6) is -0.495. The molecule has 0 unspecified atom stereocenters. The van der Waals surface area contributed by atoms with Crippen LogP contribution in [0.4, 0.5) is 21.5 Å². The highest BCUT2D eigenvalue weighted by Crippen LogP contribution is 2.27. The normalized spacial score (nSPS) is 10.3. The third kappa shape index (κ3) is 3.03. The molecule has 19 heavy (non-hydrogen) atoms. The fourth-order valence-electron chi connectivity index (χ4n) is 1.71. The maximum absolute atomic E-state index is 12.9. The van der Waals surface area contributed by atoms with Crippen LogP contribution in [0.2, 0.25) is 5.02 Å². The molecular formula is C14H12ClFN2O. The summed E-state index contributed by atoms with van der Waals surface area (Å²) < 4.78 is 12.9. The number of hydrogen-bond donors (Lipinski definition) is 2. The van der Waals surface area contributed by atoms with E-state index >= 15 is 0 Å². The summed E-state index contributed by atoms with van der Waals surface area (Å²) >= 11 is 5.91. The van der Waals surface area contributed by atoms with E-state index < -0.39 is 5.82 Å². The SMILES string of the molecule is CC(=O)c1ccc(Nc2ccc(F)cc2Cl)cc1N. The maximum atomic E-state index is 12.9. The van der Waals surface area contributed by atoms with Crippen LogP contribution in [0.25, 0.3) is 0 Å². The van der Waals surface area contributed by atoms with Crippen molar-refractivity contribution in [3.63, 3.8) is 0 Å². The molecule has 0 heterocycles. The number of benzene rings is 2. The van der Waals surface area contributed by atoms with Crippen LogP contribution in [-0.2, 0) is 0 Å². The van der Waals surface area contributed by atoms with E-state index in [1.165, 1.54) is 25.1 Å². The number of anilines is 3. The van der Waals surface area contributed by atoms with Gasteiger partial charge in [-0.1, -0.05) is 11.6 Å². The van der Waals surface area contributed by atoms with Crippen molar-refractivity contribution in [3.05, 3.63) is 52.8 Å². The van der Waals surface area contributed by atoms with Gasteiger partial charge in [0.25, 0.3) is 0 Å². The van der Waals surface area contributed by atoms with Crippen LogP contribution in [0.3, 0.4) is 0 Å². The number of hydrogen-bond acceptors (Lipinski definition) is 3. The van der Waals surface area contributed by atoms with Crippen LogP contribution >= 0.6 is 11.6 Å². The average molecular weight is 279 g/mol. The number of carbonyl (C=O) groups excluding carboxylic acids is 1. The Morgan fingerprint density at radius 2 is 2.00 bits per heavy atom. The highest BCUT2D eigenvalue weighted by Gasteiger charge is 2.07. The number of Topliss-reactive ketones (excluding diaryl/α,β-unsaturated/α-hetero) is 1. The van der Waals surface area contributed by atoms with Gasteiger partial charge in [0.2, 0.25) is 0 Å². The summed E-state index contributed by atoms with van der Waals surface area (Å²) in [5.41, 5.74) is 7.88. The molecule has 0 aliphatic heterocycles. The van der Waals surface area contributed by atoms with Gasteiger partial charge >= 0.3 is 0 Å². The summed E-state index contributed by atoms with van der Waals surface area (Å²) in [6, 6.07) is 9.05. The molecule has 0 saturated carbocycles. The molecule has 2 aromatic rings.